The third-order valence-electron chi connectivity index (χ3n) is 6.67. The summed E-state index contributed by atoms with van der Waals surface area (Å²) in [5, 5.41) is 7.59. The summed E-state index contributed by atoms with van der Waals surface area (Å²) in [5.74, 6) is -0.138. The van der Waals surface area contributed by atoms with Gasteiger partial charge in [0.15, 0.2) is 0 Å². The molecular weight excluding hydrogens is 467 g/mol. The molecule has 1 saturated carbocycles. The lowest BCUT2D eigenvalue weighted by molar-refractivity contribution is -0.137. The number of aromatic nitrogens is 2. The van der Waals surface area contributed by atoms with E-state index in [9.17, 15) is 14.0 Å². The van der Waals surface area contributed by atoms with Crippen LogP contribution in [-0.2, 0) is 9.59 Å². The molecule has 0 aliphatic heterocycles. The molecule has 3 aromatic carbocycles. The van der Waals surface area contributed by atoms with E-state index >= 15 is 0 Å². The van der Waals surface area contributed by atoms with Gasteiger partial charge >= 0.3 is 0 Å². The molecule has 4 aromatic rings. The van der Waals surface area contributed by atoms with Crippen molar-refractivity contribution in [1.82, 2.24) is 14.7 Å². The average Bonchev–Trinajstić information content (AvgIpc) is 3.61. The first-order valence-corrected chi connectivity index (χ1v) is 12.5. The van der Waals surface area contributed by atoms with Crippen molar-refractivity contribution in [3.63, 3.8) is 0 Å². The minimum atomic E-state index is -0.357. The average molecular weight is 497 g/mol. The van der Waals surface area contributed by atoms with Gasteiger partial charge in [0.1, 0.15) is 18.2 Å². The van der Waals surface area contributed by atoms with Crippen LogP contribution in [0.2, 0.25) is 0 Å². The lowest BCUT2D eigenvalue weighted by atomic mass is 10.1. The van der Waals surface area contributed by atoms with Gasteiger partial charge in [0, 0.05) is 23.6 Å². The zero-order chi connectivity index (χ0) is 25.9. The fourth-order valence-electron chi connectivity index (χ4n) is 4.60. The zero-order valence-electron chi connectivity index (χ0n) is 20.8. The number of hydrogen-bond acceptors (Lipinski definition) is 3. The number of benzene rings is 3. The van der Waals surface area contributed by atoms with E-state index in [0.717, 1.165) is 17.5 Å². The van der Waals surface area contributed by atoms with Gasteiger partial charge in [-0.25, -0.2) is 9.07 Å². The number of hydrogen-bond donors (Lipinski definition) is 1. The molecule has 2 atom stereocenters. The van der Waals surface area contributed by atoms with Crippen molar-refractivity contribution in [1.29, 1.82) is 0 Å². The molecular formula is C30H29FN4O2. The summed E-state index contributed by atoms with van der Waals surface area (Å²) in [7, 11) is 0. The van der Waals surface area contributed by atoms with E-state index in [1.165, 1.54) is 12.1 Å². The lowest BCUT2D eigenvalue weighted by Gasteiger charge is -2.26. The summed E-state index contributed by atoms with van der Waals surface area (Å²) in [6, 6.07) is 27.2. The maximum atomic E-state index is 13.5. The second-order valence-electron chi connectivity index (χ2n) is 9.64. The smallest absolute Gasteiger partial charge is 0.245 e. The third-order valence-corrected chi connectivity index (χ3v) is 6.67. The number of rotatable bonds is 8. The molecule has 0 spiro atoms. The summed E-state index contributed by atoms with van der Waals surface area (Å²) < 4.78 is 15.1. The van der Waals surface area contributed by atoms with Crippen LogP contribution in [0.15, 0.2) is 91.0 Å². The molecule has 0 radical (unpaired) electrons. The van der Waals surface area contributed by atoms with E-state index in [1.54, 1.807) is 27.8 Å². The number of anilines is 1. The minimum absolute atomic E-state index is 0.00369. The Hall–Kier alpha value is -4.26. The van der Waals surface area contributed by atoms with Gasteiger partial charge in [-0.3, -0.25) is 9.59 Å². The molecule has 7 heteroatoms. The molecule has 1 fully saturated rings. The third kappa shape index (κ3) is 5.45. The normalized spacial score (nSPS) is 16.4. The fraction of sp³-hybridized carbons (Fsp3) is 0.233. The summed E-state index contributed by atoms with van der Waals surface area (Å²) in [6.45, 7) is 3.77. The predicted molar refractivity (Wildman–Crippen MR) is 142 cm³/mol. The number of amides is 2. The predicted octanol–water partition coefficient (Wildman–Crippen LogP) is 5.66. The fourth-order valence-corrected chi connectivity index (χ4v) is 4.60. The molecule has 2 amide bonds. The van der Waals surface area contributed by atoms with Crippen LogP contribution < -0.4 is 5.32 Å². The molecule has 1 N–H and O–H groups in total. The Bertz CT molecular complexity index is 1380. The van der Waals surface area contributed by atoms with Gasteiger partial charge in [-0.2, -0.15) is 5.10 Å². The van der Waals surface area contributed by atoms with Crippen LogP contribution in [-0.4, -0.2) is 39.1 Å². The van der Waals surface area contributed by atoms with Gasteiger partial charge in [-0.1, -0.05) is 60.7 Å². The largest absolute Gasteiger partial charge is 0.331 e. The number of carbonyl (C=O) groups excluding carboxylic acids is 2. The molecule has 1 aliphatic rings. The first-order valence-electron chi connectivity index (χ1n) is 12.5. The molecule has 5 rings (SSSR count). The Morgan fingerprint density at radius 1 is 1.00 bits per heavy atom. The highest BCUT2D eigenvalue weighted by molar-refractivity contribution is 5.95. The minimum Gasteiger partial charge on any atom is -0.331 e. The quantitative estimate of drug-likeness (QED) is 0.342. The summed E-state index contributed by atoms with van der Waals surface area (Å²) in [4.78, 5) is 28.2. The Balaban J connectivity index is 1.35. The molecule has 0 saturated heterocycles. The van der Waals surface area contributed by atoms with Crippen LogP contribution in [0.4, 0.5) is 10.2 Å². The maximum Gasteiger partial charge on any atom is 0.245 e. The highest BCUT2D eigenvalue weighted by Crippen LogP contribution is 2.48. The van der Waals surface area contributed by atoms with E-state index in [0.29, 0.717) is 17.2 Å². The van der Waals surface area contributed by atoms with Gasteiger partial charge in [-0.05, 0) is 56.0 Å². The van der Waals surface area contributed by atoms with Crippen molar-refractivity contribution in [2.24, 2.45) is 5.92 Å². The van der Waals surface area contributed by atoms with Crippen LogP contribution in [0.1, 0.15) is 31.7 Å². The second-order valence-corrected chi connectivity index (χ2v) is 9.64. The topological polar surface area (TPSA) is 67.2 Å². The van der Waals surface area contributed by atoms with Crippen LogP contribution in [0, 0.1) is 11.7 Å². The van der Waals surface area contributed by atoms with Gasteiger partial charge < -0.3 is 10.2 Å². The molecule has 0 unspecified atom stereocenters. The highest BCUT2D eigenvalue weighted by atomic mass is 19.1. The monoisotopic (exact) mass is 496 g/mol. The van der Waals surface area contributed by atoms with Gasteiger partial charge in [-0.15, -0.1) is 0 Å². The molecule has 1 aliphatic carbocycles. The Morgan fingerprint density at radius 3 is 2.30 bits per heavy atom. The SMILES string of the molecule is CC(C)N(CC(=O)Nc1cc(-c2ccccc2)nn1-c1ccc(F)cc1)C(=O)[C@@H]1C[C@H]1c1ccccc1. The van der Waals surface area contributed by atoms with Crippen LogP contribution in [0.3, 0.4) is 0 Å². The van der Waals surface area contributed by atoms with Crippen molar-refractivity contribution in [2.75, 3.05) is 11.9 Å². The standard InChI is InChI=1S/C30H29FN4O2/c1-20(2)34(30(37)26-17-25(26)21-9-5-3-6-10-21)19-29(36)32-28-18-27(22-11-7-4-8-12-22)33-35(28)24-15-13-23(31)14-16-24/h3-16,18,20,25-26H,17,19H2,1-2H3,(H,32,36)/t25-,26+/m0/s1. The molecule has 188 valence electrons. The van der Waals surface area contributed by atoms with Crippen molar-refractivity contribution >= 4 is 17.6 Å². The Labute approximate surface area is 215 Å². The van der Waals surface area contributed by atoms with E-state index < -0.39 is 0 Å². The molecule has 1 aromatic heterocycles. The number of nitrogens with one attached hydrogen (secondary N) is 1. The van der Waals surface area contributed by atoms with Crippen molar-refractivity contribution in [3.05, 3.63) is 102 Å². The Kier molecular flexibility index (Phi) is 6.86. The summed E-state index contributed by atoms with van der Waals surface area (Å²) >= 11 is 0. The Morgan fingerprint density at radius 2 is 1.65 bits per heavy atom. The van der Waals surface area contributed by atoms with Crippen LogP contribution >= 0.6 is 0 Å². The number of carbonyl (C=O) groups is 2. The van der Waals surface area contributed by atoms with Crippen molar-refractivity contribution in [3.8, 4) is 16.9 Å². The van der Waals surface area contributed by atoms with Gasteiger partial charge in [0.25, 0.3) is 0 Å². The summed E-state index contributed by atoms with van der Waals surface area (Å²) in [6.07, 6.45) is 0.797. The van der Waals surface area contributed by atoms with E-state index in [-0.39, 0.29) is 42.1 Å². The molecule has 6 nitrogen and oxygen atoms in total. The summed E-state index contributed by atoms with van der Waals surface area (Å²) in [5.41, 5.74) is 3.32. The molecule has 1 heterocycles. The molecule has 0 bridgehead atoms. The van der Waals surface area contributed by atoms with Crippen LogP contribution in [0.25, 0.3) is 16.9 Å². The van der Waals surface area contributed by atoms with Gasteiger partial charge in [0.2, 0.25) is 11.8 Å². The zero-order valence-corrected chi connectivity index (χ0v) is 20.8. The first kappa shape index (κ1) is 24.4. The number of halogens is 1. The van der Waals surface area contributed by atoms with Crippen molar-refractivity contribution < 1.29 is 14.0 Å². The van der Waals surface area contributed by atoms with Crippen LogP contribution in [0.5, 0.6) is 0 Å². The molecule has 37 heavy (non-hydrogen) atoms. The first-order chi connectivity index (χ1) is 17.9. The number of nitrogens with zero attached hydrogens (tertiary/aromatic N) is 3. The van der Waals surface area contributed by atoms with E-state index in [4.69, 9.17) is 0 Å². The lowest BCUT2D eigenvalue weighted by Crippen LogP contribution is -2.43. The highest BCUT2D eigenvalue weighted by Gasteiger charge is 2.46. The second kappa shape index (κ2) is 10.4. The maximum absolute atomic E-state index is 13.5. The van der Waals surface area contributed by atoms with Gasteiger partial charge in [0.05, 0.1) is 11.4 Å². The van der Waals surface area contributed by atoms with E-state index in [2.05, 4.69) is 10.4 Å². The van der Waals surface area contributed by atoms with Crippen molar-refractivity contribution in [2.45, 2.75) is 32.2 Å². The van der Waals surface area contributed by atoms with E-state index in [1.807, 2.05) is 74.5 Å².